The minimum Gasteiger partial charge on any atom is -0.444 e. The maximum absolute atomic E-state index is 11.7. The van der Waals surface area contributed by atoms with Crippen molar-refractivity contribution in [3.63, 3.8) is 0 Å². The molecule has 1 fully saturated rings. The highest BCUT2D eigenvalue weighted by atomic mass is 35.5. The van der Waals surface area contributed by atoms with Crippen LogP contribution in [0.2, 0.25) is 5.02 Å². The van der Waals surface area contributed by atoms with Crippen molar-refractivity contribution in [2.45, 2.75) is 39.3 Å². The molecule has 0 aromatic heterocycles. The molecule has 4 nitrogen and oxygen atoms in total. The Morgan fingerprint density at radius 3 is 2.91 bits per heavy atom. The Morgan fingerprint density at radius 1 is 1.45 bits per heavy atom. The molecule has 0 spiro atoms. The topological polar surface area (TPSA) is 41.6 Å². The molecule has 1 aliphatic heterocycles. The Morgan fingerprint density at radius 2 is 2.23 bits per heavy atom. The first kappa shape index (κ1) is 17.1. The van der Waals surface area contributed by atoms with Gasteiger partial charge < -0.3 is 10.1 Å². The van der Waals surface area contributed by atoms with E-state index in [0.29, 0.717) is 12.5 Å². The summed E-state index contributed by atoms with van der Waals surface area (Å²) in [4.78, 5) is 14.1. The van der Waals surface area contributed by atoms with Gasteiger partial charge in [-0.1, -0.05) is 23.7 Å². The molecule has 0 aliphatic carbocycles. The van der Waals surface area contributed by atoms with Gasteiger partial charge in [0.1, 0.15) is 5.60 Å². The molecule has 1 amide bonds. The Labute approximate surface area is 137 Å². The molecule has 1 atom stereocenters. The van der Waals surface area contributed by atoms with E-state index in [1.165, 1.54) is 5.56 Å². The molecular formula is C17H25ClN2O2. The third-order valence-electron chi connectivity index (χ3n) is 3.60. The van der Waals surface area contributed by atoms with Gasteiger partial charge in [-0.15, -0.1) is 0 Å². The summed E-state index contributed by atoms with van der Waals surface area (Å²) in [6.07, 6.45) is 0.761. The van der Waals surface area contributed by atoms with Crippen LogP contribution < -0.4 is 5.32 Å². The number of hydrogen-bond donors (Lipinski definition) is 1. The molecule has 1 saturated heterocycles. The Hall–Kier alpha value is -1.26. The fraction of sp³-hybridized carbons (Fsp3) is 0.588. The molecule has 5 heteroatoms. The van der Waals surface area contributed by atoms with E-state index in [0.717, 1.165) is 31.1 Å². The van der Waals surface area contributed by atoms with Gasteiger partial charge in [-0.2, -0.15) is 0 Å². The van der Waals surface area contributed by atoms with Crippen molar-refractivity contribution in [1.82, 2.24) is 10.2 Å². The molecule has 122 valence electrons. The predicted molar refractivity (Wildman–Crippen MR) is 89.1 cm³/mol. The van der Waals surface area contributed by atoms with E-state index in [-0.39, 0.29) is 6.09 Å². The number of alkyl carbamates (subject to hydrolysis) is 1. The molecule has 0 radical (unpaired) electrons. The van der Waals surface area contributed by atoms with Crippen LogP contribution >= 0.6 is 11.6 Å². The van der Waals surface area contributed by atoms with Gasteiger partial charge in [0.15, 0.2) is 0 Å². The molecule has 1 heterocycles. The summed E-state index contributed by atoms with van der Waals surface area (Å²) in [7, 11) is 0. The van der Waals surface area contributed by atoms with Gasteiger partial charge in [-0.3, -0.25) is 4.90 Å². The van der Waals surface area contributed by atoms with Gasteiger partial charge in [-0.05, 0) is 57.4 Å². The molecule has 2 rings (SSSR count). The number of amides is 1. The molecule has 0 saturated carbocycles. The summed E-state index contributed by atoms with van der Waals surface area (Å²) in [5, 5.41) is 3.64. The summed E-state index contributed by atoms with van der Waals surface area (Å²) in [6, 6.07) is 7.98. The first-order chi connectivity index (χ1) is 10.3. The second-order valence-electron chi connectivity index (χ2n) is 6.90. The van der Waals surface area contributed by atoms with Crippen molar-refractivity contribution in [1.29, 1.82) is 0 Å². The van der Waals surface area contributed by atoms with Gasteiger partial charge in [-0.25, -0.2) is 4.79 Å². The number of rotatable bonds is 4. The lowest BCUT2D eigenvalue weighted by Crippen LogP contribution is -2.35. The second-order valence-corrected chi connectivity index (χ2v) is 7.34. The summed E-state index contributed by atoms with van der Waals surface area (Å²) in [5.41, 5.74) is 0.784. The van der Waals surface area contributed by atoms with E-state index >= 15 is 0 Å². The van der Waals surface area contributed by atoms with Crippen LogP contribution in [0.5, 0.6) is 0 Å². The van der Waals surface area contributed by atoms with Crippen LogP contribution in [0.4, 0.5) is 4.79 Å². The van der Waals surface area contributed by atoms with Gasteiger partial charge >= 0.3 is 6.09 Å². The van der Waals surface area contributed by atoms with Crippen molar-refractivity contribution in [2.75, 3.05) is 19.6 Å². The highest BCUT2D eigenvalue weighted by Gasteiger charge is 2.24. The first-order valence-electron chi connectivity index (χ1n) is 7.75. The number of benzene rings is 1. The van der Waals surface area contributed by atoms with Gasteiger partial charge in [0.2, 0.25) is 0 Å². The van der Waals surface area contributed by atoms with E-state index in [1.807, 2.05) is 39.0 Å². The smallest absolute Gasteiger partial charge is 0.407 e. The van der Waals surface area contributed by atoms with Crippen molar-refractivity contribution in [2.24, 2.45) is 5.92 Å². The number of carbonyl (C=O) groups is 1. The summed E-state index contributed by atoms with van der Waals surface area (Å²) >= 11 is 6.02. The highest BCUT2D eigenvalue weighted by Crippen LogP contribution is 2.19. The molecule has 22 heavy (non-hydrogen) atoms. The standard InChI is InChI=1S/C17H25ClN2O2/c1-17(2,3)22-16(21)19-10-14-7-8-20(12-14)11-13-5-4-6-15(18)9-13/h4-6,9,14H,7-8,10-12H2,1-3H3,(H,19,21). The number of nitrogens with one attached hydrogen (secondary N) is 1. The number of likely N-dealkylation sites (tertiary alicyclic amines) is 1. The number of ether oxygens (including phenoxy) is 1. The Bertz CT molecular complexity index is 514. The fourth-order valence-electron chi connectivity index (χ4n) is 2.66. The van der Waals surface area contributed by atoms with Crippen LogP contribution in [-0.2, 0) is 11.3 Å². The minimum atomic E-state index is -0.446. The van der Waals surface area contributed by atoms with Crippen molar-refractivity contribution in [3.05, 3.63) is 34.9 Å². The van der Waals surface area contributed by atoms with Gasteiger partial charge in [0, 0.05) is 24.7 Å². The number of nitrogens with zero attached hydrogens (tertiary/aromatic N) is 1. The number of hydrogen-bond acceptors (Lipinski definition) is 3. The maximum Gasteiger partial charge on any atom is 0.407 e. The monoisotopic (exact) mass is 324 g/mol. The molecule has 1 unspecified atom stereocenters. The maximum atomic E-state index is 11.7. The second kappa shape index (κ2) is 7.34. The normalized spacial score (nSPS) is 19.2. The lowest BCUT2D eigenvalue weighted by molar-refractivity contribution is 0.0519. The minimum absolute atomic E-state index is 0.333. The summed E-state index contributed by atoms with van der Waals surface area (Å²) < 4.78 is 5.25. The van der Waals surface area contributed by atoms with E-state index in [2.05, 4.69) is 16.3 Å². The number of halogens is 1. The molecular weight excluding hydrogens is 300 g/mol. The highest BCUT2D eigenvalue weighted by molar-refractivity contribution is 6.30. The van der Waals surface area contributed by atoms with Gasteiger partial charge in [0.25, 0.3) is 0 Å². The average molecular weight is 325 g/mol. The first-order valence-corrected chi connectivity index (χ1v) is 8.13. The molecule has 1 aromatic rings. The zero-order valence-electron chi connectivity index (χ0n) is 13.6. The molecule has 1 aliphatic rings. The van der Waals surface area contributed by atoms with E-state index in [4.69, 9.17) is 16.3 Å². The fourth-order valence-corrected chi connectivity index (χ4v) is 2.87. The van der Waals surface area contributed by atoms with Crippen LogP contribution in [0.25, 0.3) is 0 Å². The molecule has 1 N–H and O–H groups in total. The van der Waals surface area contributed by atoms with Crippen molar-refractivity contribution >= 4 is 17.7 Å². The Balaban J connectivity index is 1.73. The quantitative estimate of drug-likeness (QED) is 0.918. The third-order valence-corrected chi connectivity index (χ3v) is 3.83. The Kier molecular flexibility index (Phi) is 5.70. The summed E-state index contributed by atoms with van der Waals surface area (Å²) in [6.45, 7) is 9.22. The van der Waals surface area contributed by atoms with Gasteiger partial charge in [0.05, 0.1) is 0 Å². The number of carbonyl (C=O) groups excluding carboxylic acids is 1. The zero-order chi connectivity index (χ0) is 16.2. The summed E-state index contributed by atoms with van der Waals surface area (Å²) in [5.74, 6) is 0.478. The van der Waals surface area contributed by atoms with Crippen LogP contribution in [-0.4, -0.2) is 36.2 Å². The third kappa shape index (κ3) is 5.85. The zero-order valence-corrected chi connectivity index (χ0v) is 14.3. The SMILES string of the molecule is CC(C)(C)OC(=O)NCC1CCN(Cc2cccc(Cl)c2)C1. The van der Waals surface area contributed by atoms with E-state index in [1.54, 1.807) is 0 Å². The van der Waals surface area contributed by atoms with Crippen molar-refractivity contribution in [3.8, 4) is 0 Å². The van der Waals surface area contributed by atoms with E-state index < -0.39 is 5.60 Å². The van der Waals surface area contributed by atoms with Crippen LogP contribution in [0.3, 0.4) is 0 Å². The van der Waals surface area contributed by atoms with Crippen LogP contribution in [0, 0.1) is 5.92 Å². The van der Waals surface area contributed by atoms with Crippen LogP contribution in [0.1, 0.15) is 32.8 Å². The average Bonchev–Trinajstić information content (AvgIpc) is 2.82. The largest absolute Gasteiger partial charge is 0.444 e. The van der Waals surface area contributed by atoms with Crippen LogP contribution in [0.15, 0.2) is 24.3 Å². The molecule has 1 aromatic carbocycles. The van der Waals surface area contributed by atoms with E-state index in [9.17, 15) is 4.79 Å². The molecule has 0 bridgehead atoms. The lowest BCUT2D eigenvalue weighted by Gasteiger charge is -2.21. The predicted octanol–water partition coefficient (Wildman–Crippen LogP) is 3.69. The lowest BCUT2D eigenvalue weighted by atomic mass is 10.1. The van der Waals surface area contributed by atoms with Crippen molar-refractivity contribution < 1.29 is 9.53 Å².